The molecule has 1 aromatic heterocycles. The first-order valence-electron chi connectivity index (χ1n) is 10.4. The van der Waals surface area contributed by atoms with Gasteiger partial charge in [0.2, 0.25) is 5.43 Å². The van der Waals surface area contributed by atoms with Crippen LogP contribution < -0.4 is 20.4 Å². The SMILES string of the molecule is CNC1(C)CN(c2c(F)cc3c(=O)c(C(=O)O)cn(C4CC4F)c3c2OC)CC12CC2. The van der Waals surface area contributed by atoms with Crippen molar-refractivity contribution in [3.63, 3.8) is 0 Å². The lowest BCUT2D eigenvalue weighted by Gasteiger charge is -2.30. The third-order valence-electron chi connectivity index (χ3n) is 7.56. The average Bonchev–Trinajstić information content (AvgIpc) is 3.63. The molecule has 0 radical (unpaired) electrons. The lowest BCUT2D eigenvalue weighted by Crippen LogP contribution is -2.48. The van der Waals surface area contributed by atoms with E-state index in [4.69, 9.17) is 4.74 Å². The van der Waals surface area contributed by atoms with E-state index in [2.05, 4.69) is 12.2 Å². The number of hydrogen-bond acceptors (Lipinski definition) is 5. The van der Waals surface area contributed by atoms with Crippen molar-refractivity contribution in [3.8, 4) is 5.75 Å². The van der Waals surface area contributed by atoms with Gasteiger partial charge in [-0.3, -0.25) is 4.79 Å². The van der Waals surface area contributed by atoms with Crippen LogP contribution in [0.3, 0.4) is 0 Å². The van der Waals surface area contributed by atoms with Crippen molar-refractivity contribution >= 4 is 22.6 Å². The van der Waals surface area contributed by atoms with Crippen LogP contribution in [0.25, 0.3) is 10.9 Å². The molecular formula is C22H25F2N3O4. The number of ether oxygens (including phenoxy) is 1. The molecule has 3 unspecified atom stereocenters. The van der Waals surface area contributed by atoms with Crippen molar-refractivity contribution in [3.05, 3.63) is 33.9 Å². The minimum Gasteiger partial charge on any atom is -0.492 e. The van der Waals surface area contributed by atoms with E-state index < -0.39 is 35.0 Å². The molecule has 9 heteroatoms. The van der Waals surface area contributed by atoms with Crippen LogP contribution in [0.4, 0.5) is 14.5 Å². The standard InChI is InChI=1S/C22H25F2N3O4/c1-21(25-2)9-26(10-22(21)4-5-22)17-14(24)6-11-16(19(17)31-3)27(15-7-13(15)23)8-12(18(11)28)20(29)30/h6,8,13,15,25H,4-5,7,9-10H2,1-3H3,(H,29,30). The number of aromatic nitrogens is 1. The molecule has 1 aromatic carbocycles. The van der Waals surface area contributed by atoms with Crippen LogP contribution in [-0.4, -0.2) is 54.6 Å². The molecule has 3 atom stereocenters. The summed E-state index contributed by atoms with van der Waals surface area (Å²) in [4.78, 5) is 26.3. The van der Waals surface area contributed by atoms with Gasteiger partial charge in [0.05, 0.1) is 24.1 Å². The van der Waals surface area contributed by atoms with Crippen LogP contribution >= 0.6 is 0 Å². The number of carbonyl (C=O) groups is 1. The highest BCUT2D eigenvalue weighted by atomic mass is 19.1. The molecule has 2 N–H and O–H groups in total. The van der Waals surface area contributed by atoms with Gasteiger partial charge in [-0.25, -0.2) is 13.6 Å². The van der Waals surface area contributed by atoms with Crippen LogP contribution in [0.1, 0.15) is 42.6 Å². The summed E-state index contributed by atoms with van der Waals surface area (Å²) in [5, 5.41) is 12.7. The second-order valence-corrected chi connectivity index (χ2v) is 9.26. The predicted molar refractivity (Wildman–Crippen MR) is 112 cm³/mol. The molecule has 2 aliphatic carbocycles. The zero-order valence-corrected chi connectivity index (χ0v) is 17.7. The Balaban J connectivity index is 1.76. The highest BCUT2D eigenvalue weighted by Gasteiger charge is 2.62. The van der Waals surface area contributed by atoms with Crippen LogP contribution in [-0.2, 0) is 0 Å². The first-order valence-corrected chi connectivity index (χ1v) is 10.4. The Labute approximate surface area is 177 Å². The number of fused-ring (bicyclic) bond motifs is 1. The Morgan fingerprint density at radius 1 is 1.35 bits per heavy atom. The van der Waals surface area contributed by atoms with Gasteiger partial charge in [0.1, 0.15) is 17.4 Å². The van der Waals surface area contributed by atoms with Gasteiger partial charge >= 0.3 is 5.97 Å². The summed E-state index contributed by atoms with van der Waals surface area (Å²) in [6.45, 7) is 3.31. The summed E-state index contributed by atoms with van der Waals surface area (Å²) >= 11 is 0. The molecule has 166 valence electrons. The quantitative estimate of drug-likeness (QED) is 0.755. The summed E-state index contributed by atoms with van der Waals surface area (Å²) in [5.74, 6) is -1.95. The molecule has 7 nitrogen and oxygen atoms in total. The first kappa shape index (κ1) is 20.2. The Bertz CT molecular complexity index is 1180. The lowest BCUT2D eigenvalue weighted by atomic mass is 9.86. The van der Waals surface area contributed by atoms with Crippen molar-refractivity contribution in [2.45, 2.75) is 43.9 Å². The van der Waals surface area contributed by atoms with Gasteiger partial charge in [-0.1, -0.05) is 0 Å². The van der Waals surface area contributed by atoms with E-state index in [0.717, 1.165) is 25.1 Å². The fourth-order valence-corrected chi connectivity index (χ4v) is 5.29. The number of hydrogen-bond donors (Lipinski definition) is 2. The van der Waals surface area contributed by atoms with E-state index >= 15 is 4.39 Å². The fraction of sp³-hybridized carbons (Fsp3) is 0.545. The van der Waals surface area contributed by atoms with Crippen molar-refractivity contribution in [2.75, 3.05) is 32.1 Å². The Kier molecular flexibility index (Phi) is 4.19. The van der Waals surface area contributed by atoms with Crippen LogP contribution in [0, 0.1) is 11.2 Å². The second-order valence-electron chi connectivity index (χ2n) is 9.26. The fourth-order valence-electron chi connectivity index (χ4n) is 5.29. The number of nitrogens with zero attached hydrogens (tertiary/aromatic N) is 2. The maximum atomic E-state index is 15.5. The summed E-state index contributed by atoms with van der Waals surface area (Å²) in [6.07, 6.45) is 2.29. The molecule has 0 bridgehead atoms. The predicted octanol–water partition coefficient (Wildman–Crippen LogP) is 2.71. The van der Waals surface area contributed by atoms with Crippen molar-refractivity contribution in [2.24, 2.45) is 5.41 Å². The number of pyridine rings is 1. The molecule has 2 aromatic rings. The number of aromatic carboxylic acids is 1. The van der Waals surface area contributed by atoms with Gasteiger partial charge in [-0.15, -0.1) is 0 Å². The lowest BCUT2D eigenvalue weighted by molar-refractivity contribution is 0.0694. The minimum atomic E-state index is -1.43. The van der Waals surface area contributed by atoms with E-state index in [0.29, 0.717) is 13.1 Å². The topological polar surface area (TPSA) is 83.8 Å². The van der Waals surface area contributed by atoms with Gasteiger partial charge in [0.25, 0.3) is 0 Å². The van der Waals surface area contributed by atoms with Crippen LogP contribution in [0.15, 0.2) is 17.1 Å². The van der Waals surface area contributed by atoms with Crippen LogP contribution in [0.2, 0.25) is 0 Å². The highest BCUT2D eigenvalue weighted by Crippen LogP contribution is 2.59. The van der Waals surface area contributed by atoms with Gasteiger partial charge in [0.15, 0.2) is 11.6 Å². The maximum Gasteiger partial charge on any atom is 0.341 e. The molecule has 3 aliphatic rings. The number of nitrogens with one attached hydrogen (secondary N) is 1. The van der Waals surface area contributed by atoms with Crippen molar-refractivity contribution < 1.29 is 23.4 Å². The molecule has 31 heavy (non-hydrogen) atoms. The normalized spacial score (nSPS) is 28.4. The van der Waals surface area contributed by atoms with E-state index in [1.165, 1.54) is 11.7 Å². The molecule has 2 heterocycles. The largest absolute Gasteiger partial charge is 0.492 e. The van der Waals surface area contributed by atoms with Crippen molar-refractivity contribution in [1.82, 2.24) is 9.88 Å². The van der Waals surface area contributed by atoms with E-state index in [9.17, 15) is 19.1 Å². The smallest absolute Gasteiger partial charge is 0.341 e. The minimum absolute atomic E-state index is 0.0432. The first-order chi connectivity index (χ1) is 14.7. The monoisotopic (exact) mass is 433 g/mol. The number of rotatable bonds is 5. The maximum absolute atomic E-state index is 15.5. The van der Waals surface area contributed by atoms with E-state index in [-0.39, 0.29) is 39.7 Å². The number of methoxy groups -OCH3 is 1. The third-order valence-corrected chi connectivity index (χ3v) is 7.56. The zero-order chi connectivity index (χ0) is 22.3. The summed E-state index contributed by atoms with van der Waals surface area (Å²) in [7, 11) is 3.29. The van der Waals surface area contributed by atoms with Crippen molar-refractivity contribution in [1.29, 1.82) is 0 Å². The molecule has 1 spiro atoms. The van der Waals surface area contributed by atoms with Gasteiger partial charge in [-0.05, 0) is 32.9 Å². The Morgan fingerprint density at radius 3 is 2.52 bits per heavy atom. The number of benzene rings is 1. The molecule has 1 saturated heterocycles. The van der Waals surface area contributed by atoms with Crippen LogP contribution in [0.5, 0.6) is 5.75 Å². The van der Waals surface area contributed by atoms with Gasteiger partial charge < -0.3 is 24.6 Å². The summed E-state index contributed by atoms with van der Waals surface area (Å²) in [6, 6.07) is 0.465. The zero-order valence-electron chi connectivity index (χ0n) is 17.7. The molecule has 1 aliphatic heterocycles. The number of carboxylic acids is 1. The number of anilines is 1. The average molecular weight is 433 g/mol. The molecule has 5 rings (SSSR count). The van der Waals surface area contributed by atoms with E-state index in [1.54, 1.807) is 0 Å². The Morgan fingerprint density at radius 2 is 2.03 bits per heavy atom. The summed E-state index contributed by atoms with van der Waals surface area (Å²) in [5.41, 5.74) is -1.01. The number of carboxylic acid groups (broad SMARTS) is 1. The number of likely N-dealkylation sites (N-methyl/N-ethyl adjacent to an activating group) is 1. The Hall–Kier alpha value is -2.68. The van der Waals surface area contributed by atoms with Gasteiger partial charge in [0, 0.05) is 36.7 Å². The van der Waals surface area contributed by atoms with E-state index in [1.807, 2.05) is 11.9 Å². The number of halogens is 2. The molecule has 0 amide bonds. The third kappa shape index (κ3) is 2.71. The highest BCUT2D eigenvalue weighted by molar-refractivity contribution is 5.97. The molecule has 3 fully saturated rings. The molecule has 2 saturated carbocycles. The molecular weight excluding hydrogens is 408 g/mol. The second kappa shape index (κ2) is 6.41. The number of alkyl halides is 1. The van der Waals surface area contributed by atoms with Gasteiger partial charge in [-0.2, -0.15) is 0 Å². The summed E-state index contributed by atoms with van der Waals surface area (Å²) < 4.78 is 36.5.